The molecular weight excluding hydrogens is 318 g/mol. The number of hydrogen-bond acceptors (Lipinski definition) is 1. The third-order valence-electron chi connectivity index (χ3n) is 2.76. The van der Waals surface area contributed by atoms with Gasteiger partial charge < -0.3 is 5.32 Å². The van der Waals surface area contributed by atoms with E-state index in [0.717, 1.165) is 29.9 Å². The average molecular weight is 331 g/mol. The first kappa shape index (κ1) is 14.8. The van der Waals surface area contributed by atoms with Crippen molar-refractivity contribution in [2.45, 2.75) is 25.1 Å². The monoisotopic (exact) mass is 329 g/mol. The fourth-order valence-electron chi connectivity index (χ4n) is 1.94. The highest BCUT2D eigenvalue weighted by molar-refractivity contribution is 9.10. The highest BCUT2D eigenvalue weighted by Gasteiger charge is 2.32. The molecule has 6 heteroatoms. The number of rotatable bonds is 1. The first-order valence-electron chi connectivity index (χ1n) is 5.08. The molecule has 0 bridgehead atoms. The van der Waals surface area contributed by atoms with Gasteiger partial charge in [-0.05, 0) is 43.1 Å². The molecule has 0 amide bonds. The van der Waals surface area contributed by atoms with Crippen LogP contribution in [0.15, 0.2) is 22.7 Å². The lowest BCUT2D eigenvalue weighted by Crippen LogP contribution is -2.15. The van der Waals surface area contributed by atoms with E-state index in [4.69, 9.17) is 0 Å². The molecule has 1 aliphatic heterocycles. The van der Waals surface area contributed by atoms with Gasteiger partial charge in [0.15, 0.2) is 0 Å². The SMILES string of the molecule is Cl.FC(F)(F)c1ccc(Br)c([C@H]2CCCN2)c1. The number of alkyl halides is 3. The summed E-state index contributed by atoms with van der Waals surface area (Å²) in [5.74, 6) is 0. The van der Waals surface area contributed by atoms with E-state index < -0.39 is 11.7 Å². The summed E-state index contributed by atoms with van der Waals surface area (Å²) in [7, 11) is 0. The van der Waals surface area contributed by atoms with Gasteiger partial charge in [0.1, 0.15) is 0 Å². The van der Waals surface area contributed by atoms with E-state index in [9.17, 15) is 13.2 Å². The molecule has 1 fully saturated rings. The molecule has 0 spiro atoms. The number of nitrogens with one attached hydrogen (secondary N) is 1. The van der Waals surface area contributed by atoms with Gasteiger partial charge in [-0.1, -0.05) is 15.9 Å². The Bertz CT molecular complexity index is 389. The molecule has 96 valence electrons. The second kappa shape index (κ2) is 5.59. The fourth-order valence-corrected chi connectivity index (χ4v) is 2.46. The molecule has 1 nitrogen and oxygen atoms in total. The lowest BCUT2D eigenvalue weighted by atomic mass is 10.0. The van der Waals surface area contributed by atoms with Gasteiger partial charge in [-0.3, -0.25) is 0 Å². The van der Waals surface area contributed by atoms with Crippen LogP contribution in [0.1, 0.15) is 30.0 Å². The lowest BCUT2D eigenvalue weighted by Gasteiger charge is -2.15. The Morgan fingerprint density at radius 1 is 1.29 bits per heavy atom. The summed E-state index contributed by atoms with van der Waals surface area (Å²) >= 11 is 3.30. The number of halogens is 5. The fraction of sp³-hybridized carbons (Fsp3) is 0.455. The molecule has 1 aromatic rings. The Morgan fingerprint density at radius 3 is 2.53 bits per heavy atom. The first-order chi connectivity index (χ1) is 7.48. The maximum Gasteiger partial charge on any atom is 0.416 e. The van der Waals surface area contributed by atoms with Gasteiger partial charge in [-0.25, -0.2) is 0 Å². The third kappa shape index (κ3) is 3.36. The minimum atomic E-state index is -4.27. The molecule has 1 aromatic carbocycles. The number of hydrogen-bond donors (Lipinski definition) is 1. The van der Waals surface area contributed by atoms with Crippen molar-refractivity contribution < 1.29 is 13.2 Å². The second-order valence-electron chi connectivity index (χ2n) is 3.88. The van der Waals surface area contributed by atoms with Gasteiger partial charge >= 0.3 is 6.18 Å². The van der Waals surface area contributed by atoms with Gasteiger partial charge in [0.05, 0.1) is 5.56 Å². The van der Waals surface area contributed by atoms with Crippen molar-refractivity contribution in [1.29, 1.82) is 0 Å². The normalized spacial score (nSPS) is 20.1. The molecule has 1 aliphatic rings. The maximum absolute atomic E-state index is 12.6. The van der Waals surface area contributed by atoms with Crippen LogP contribution in [-0.2, 0) is 6.18 Å². The van der Waals surface area contributed by atoms with Crippen molar-refractivity contribution >= 4 is 28.3 Å². The Balaban J connectivity index is 0.00000144. The van der Waals surface area contributed by atoms with E-state index in [2.05, 4.69) is 21.2 Å². The summed E-state index contributed by atoms with van der Waals surface area (Å²) in [6.07, 6.45) is -2.37. The van der Waals surface area contributed by atoms with E-state index in [-0.39, 0.29) is 18.4 Å². The first-order valence-corrected chi connectivity index (χ1v) is 5.88. The Morgan fingerprint density at radius 2 is 2.00 bits per heavy atom. The van der Waals surface area contributed by atoms with Crippen LogP contribution in [0.3, 0.4) is 0 Å². The Hall–Kier alpha value is -0.260. The van der Waals surface area contributed by atoms with E-state index in [1.54, 1.807) is 0 Å². The summed E-state index contributed by atoms with van der Waals surface area (Å²) in [6, 6.07) is 3.84. The predicted molar refractivity (Wildman–Crippen MR) is 66.4 cm³/mol. The van der Waals surface area contributed by atoms with Crippen LogP contribution in [0, 0.1) is 0 Å². The summed E-state index contributed by atoms with van der Waals surface area (Å²) in [6.45, 7) is 0.868. The van der Waals surface area contributed by atoms with Gasteiger partial charge in [-0.15, -0.1) is 12.4 Å². The molecule has 1 atom stereocenters. The summed E-state index contributed by atoms with van der Waals surface area (Å²) < 4.78 is 38.4. The van der Waals surface area contributed by atoms with Crippen LogP contribution < -0.4 is 5.32 Å². The topological polar surface area (TPSA) is 12.0 Å². The van der Waals surface area contributed by atoms with Crippen LogP contribution in [0.4, 0.5) is 13.2 Å². The third-order valence-corrected chi connectivity index (χ3v) is 3.48. The standard InChI is InChI=1S/C11H11BrF3N.ClH/c12-9-4-3-7(11(13,14)15)6-8(9)10-2-1-5-16-10;/h3-4,6,10,16H,1-2,5H2;1H/t10-;/m1./s1. The Kier molecular flexibility index (Phi) is 4.86. The summed E-state index contributed by atoms with van der Waals surface area (Å²) in [4.78, 5) is 0. The quantitative estimate of drug-likeness (QED) is 0.809. The van der Waals surface area contributed by atoms with E-state index in [1.807, 2.05) is 0 Å². The molecule has 0 radical (unpaired) electrons. The zero-order valence-corrected chi connectivity index (χ0v) is 11.3. The molecule has 0 saturated carbocycles. The molecule has 1 saturated heterocycles. The van der Waals surface area contributed by atoms with Crippen molar-refractivity contribution in [2.75, 3.05) is 6.54 Å². The molecular formula is C11H12BrClF3N. The van der Waals surface area contributed by atoms with Crippen molar-refractivity contribution in [3.8, 4) is 0 Å². The smallest absolute Gasteiger partial charge is 0.310 e. The van der Waals surface area contributed by atoms with Crippen molar-refractivity contribution in [2.24, 2.45) is 0 Å². The zero-order chi connectivity index (χ0) is 11.8. The van der Waals surface area contributed by atoms with Gasteiger partial charge in [0, 0.05) is 10.5 Å². The van der Waals surface area contributed by atoms with Crippen LogP contribution in [-0.4, -0.2) is 6.54 Å². The minimum absolute atomic E-state index is 0. The van der Waals surface area contributed by atoms with E-state index in [1.165, 1.54) is 12.1 Å². The van der Waals surface area contributed by atoms with Gasteiger partial charge in [0.25, 0.3) is 0 Å². The molecule has 1 heterocycles. The minimum Gasteiger partial charge on any atom is -0.310 e. The average Bonchev–Trinajstić information content (AvgIpc) is 2.69. The van der Waals surface area contributed by atoms with E-state index >= 15 is 0 Å². The highest BCUT2D eigenvalue weighted by atomic mass is 79.9. The molecule has 1 N–H and O–H groups in total. The van der Waals surface area contributed by atoms with Crippen LogP contribution >= 0.6 is 28.3 Å². The predicted octanol–water partition coefficient (Wildman–Crippen LogP) is 4.31. The van der Waals surface area contributed by atoms with Crippen LogP contribution in [0.5, 0.6) is 0 Å². The number of benzene rings is 1. The zero-order valence-electron chi connectivity index (χ0n) is 8.85. The van der Waals surface area contributed by atoms with E-state index in [0.29, 0.717) is 5.56 Å². The van der Waals surface area contributed by atoms with Gasteiger partial charge in [-0.2, -0.15) is 13.2 Å². The summed E-state index contributed by atoms with van der Waals surface area (Å²) in [5, 5.41) is 3.20. The summed E-state index contributed by atoms with van der Waals surface area (Å²) in [5.41, 5.74) is 0.117. The van der Waals surface area contributed by atoms with Crippen molar-refractivity contribution in [1.82, 2.24) is 5.32 Å². The second-order valence-corrected chi connectivity index (χ2v) is 4.74. The molecule has 0 aliphatic carbocycles. The molecule has 0 unspecified atom stereocenters. The van der Waals surface area contributed by atoms with Crippen molar-refractivity contribution in [3.63, 3.8) is 0 Å². The Labute approximate surface area is 112 Å². The van der Waals surface area contributed by atoms with Crippen LogP contribution in [0.25, 0.3) is 0 Å². The highest BCUT2D eigenvalue weighted by Crippen LogP contribution is 2.35. The van der Waals surface area contributed by atoms with Gasteiger partial charge in [0.2, 0.25) is 0 Å². The molecule has 2 rings (SSSR count). The van der Waals surface area contributed by atoms with Crippen molar-refractivity contribution in [3.05, 3.63) is 33.8 Å². The lowest BCUT2D eigenvalue weighted by molar-refractivity contribution is -0.137. The maximum atomic E-state index is 12.6. The largest absolute Gasteiger partial charge is 0.416 e. The molecule has 17 heavy (non-hydrogen) atoms. The van der Waals surface area contributed by atoms with Crippen LogP contribution in [0.2, 0.25) is 0 Å². The molecule has 0 aromatic heterocycles.